The number of fused-ring (bicyclic) bond motifs is 1. The van der Waals surface area contributed by atoms with Crippen molar-refractivity contribution in [1.29, 1.82) is 0 Å². The molecule has 2 saturated carbocycles. The Morgan fingerprint density at radius 1 is 0.750 bits per heavy atom. The summed E-state index contributed by atoms with van der Waals surface area (Å²) in [6.45, 7) is 9.03. The van der Waals surface area contributed by atoms with Gasteiger partial charge < -0.3 is 10.6 Å². The molecule has 2 aliphatic rings. The molecule has 2 fully saturated rings. The molecule has 2 N–H and O–H groups in total. The van der Waals surface area contributed by atoms with Crippen LogP contribution in [0, 0.1) is 23.7 Å². The summed E-state index contributed by atoms with van der Waals surface area (Å²) in [6.07, 6.45) is 6.91. The molecule has 2 amide bonds. The zero-order chi connectivity index (χ0) is 25.7. The van der Waals surface area contributed by atoms with Crippen LogP contribution in [0.2, 0.25) is 0 Å². The van der Waals surface area contributed by atoms with Gasteiger partial charge in [0.1, 0.15) is 10.1 Å². The van der Waals surface area contributed by atoms with E-state index in [9.17, 15) is 9.59 Å². The third kappa shape index (κ3) is 6.94. The summed E-state index contributed by atoms with van der Waals surface area (Å²) in [5.41, 5.74) is 1.60. The molecule has 6 nitrogen and oxygen atoms in total. The summed E-state index contributed by atoms with van der Waals surface area (Å²) in [4.78, 5) is 35.2. The Kier molecular flexibility index (Phi) is 9.56. The van der Waals surface area contributed by atoms with E-state index in [1.54, 1.807) is 0 Å². The smallest absolute Gasteiger partial charge is 0.230 e. The number of para-hydroxylation sites is 2. The topological polar surface area (TPSA) is 84.0 Å². The van der Waals surface area contributed by atoms with Gasteiger partial charge in [0.05, 0.1) is 22.5 Å². The van der Waals surface area contributed by atoms with Crippen molar-refractivity contribution in [2.24, 2.45) is 23.7 Å². The molecule has 0 radical (unpaired) electrons. The molecule has 0 saturated heterocycles. The van der Waals surface area contributed by atoms with Crippen LogP contribution >= 0.6 is 23.5 Å². The number of carbonyl (C=O) groups excluding carboxylic acids is 2. The Bertz CT molecular complexity index is 983. The minimum absolute atomic E-state index is 0.0370. The lowest BCUT2D eigenvalue weighted by Crippen LogP contribution is -2.44. The van der Waals surface area contributed by atoms with Crippen molar-refractivity contribution in [3.63, 3.8) is 0 Å². The Hall–Kier alpha value is -1.80. The number of nitrogens with zero attached hydrogens (tertiary/aromatic N) is 2. The molecular formula is C28H40N4O2S2. The fourth-order valence-electron chi connectivity index (χ4n) is 5.49. The number of amides is 2. The number of rotatable bonds is 8. The number of hydrogen-bond acceptors (Lipinski definition) is 6. The van der Waals surface area contributed by atoms with Crippen molar-refractivity contribution >= 4 is 46.4 Å². The van der Waals surface area contributed by atoms with Gasteiger partial charge in [-0.3, -0.25) is 9.59 Å². The van der Waals surface area contributed by atoms with Crippen molar-refractivity contribution < 1.29 is 9.59 Å². The van der Waals surface area contributed by atoms with Crippen LogP contribution in [-0.4, -0.2) is 45.4 Å². The Labute approximate surface area is 224 Å². The molecule has 2 aromatic rings. The summed E-state index contributed by atoms with van der Waals surface area (Å²) in [7, 11) is 0. The fourth-order valence-corrected chi connectivity index (χ4v) is 7.21. The third-order valence-corrected chi connectivity index (χ3v) is 10.4. The summed E-state index contributed by atoms with van der Waals surface area (Å²) in [5.74, 6) is 2.92. The van der Waals surface area contributed by atoms with Crippen molar-refractivity contribution in [2.75, 3.05) is 11.5 Å². The highest BCUT2D eigenvalue weighted by atomic mass is 32.2. The minimum atomic E-state index is 0.0370. The van der Waals surface area contributed by atoms with E-state index in [2.05, 4.69) is 38.3 Å². The lowest BCUT2D eigenvalue weighted by atomic mass is 9.78. The zero-order valence-corrected chi connectivity index (χ0v) is 23.6. The Morgan fingerprint density at radius 3 is 1.58 bits per heavy atom. The third-order valence-electron chi connectivity index (χ3n) is 8.30. The molecular weight excluding hydrogens is 488 g/mol. The summed E-state index contributed by atoms with van der Waals surface area (Å²) in [6, 6.07) is 8.24. The molecule has 196 valence electrons. The summed E-state index contributed by atoms with van der Waals surface area (Å²) < 4.78 is 0. The lowest BCUT2D eigenvalue weighted by Gasteiger charge is -2.34. The van der Waals surface area contributed by atoms with Crippen LogP contribution in [0.5, 0.6) is 0 Å². The molecule has 1 aromatic carbocycles. The van der Waals surface area contributed by atoms with Gasteiger partial charge >= 0.3 is 0 Å². The molecule has 6 unspecified atom stereocenters. The quantitative estimate of drug-likeness (QED) is 0.428. The van der Waals surface area contributed by atoms with Crippen LogP contribution in [0.15, 0.2) is 34.3 Å². The predicted octanol–water partition coefficient (Wildman–Crippen LogP) is 5.70. The van der Waals surface area contributed by atoms with Gasteiger partial charge in [-0.15, -0.1) is 0 Å². The zero-order valence-electron chi connectivity index (χ0n) is 22.0. The van der Waals surface area contributed by atoms with E-state index in [1.807, 2.05) is 24.3 Å². The minimum Gasteiger partial charge on any atom is -0.352 e. The first-order valence-corrected chi connectivity index (χ1v) is 15.4. The maximum absolute atomic E-state index is 12.8. The molecule has 8 heteroatoms. The lowest BCUT2D eigenvalue weighted by molar-refractivity contribution is -0.120. The second-order valence-electron chi connectivity index (χ2n) is 10.8. The van der Waals surface area contributed by atoms with E-state index in [4.69, 9.17) is 9.97 Å². The van der Waals surface area contributed by atoms with Gasteiger partial charge in [0.15, 0.2) is 0 Å². The van der Waals surface area contributed by atoms with Gasteiger partial charge in [-0.25, -0.2) is 9.97 Å². The standard InChI is InChI=1S/C28H40N4O2S2/c1-17-9-7-13-21(19(17)3)29-25(33)15-35-27-28(32-24-12-6-5-11-23(24)31-27)36-16-26(34)30-22-14-8-10-18(2)20(22)4/h5-6,11-12,17-22H,7-10,13-16H2,1-4H3,(H,29,33)(H,30,34). The van der Waals surface area contributed by atoms with Crippen molar-refractivity contribution in [1.82, 2.24) is 20.6 Å². The number of benzene rings is 1. The average molecular weight is 529 g/mol. The molecule has 0 aliphatic heterocycles. The van der Waals surface area contributed by atoms with E-state index in [1.165, 1.54) is 49.2 Å². The van der Waals surface area contributed by atoms with Gasteiger partial charge in [0, 0.05) is 12.1 Å². The second kappa shape index (κ2) is 12.6. The van der Waals surface area contributed by atoms with Crippen LogP contribution in [0.3, 0.4) is 0 Å². The van der Waals surface area contributed by atoms with Crippen LogP contribution in [0.1, 0.15) is 66.2 Å². The van der Waals surface area contributed by atoms with Crippen molar-refractivity contribution in [3.8, 4) is 0 Å². The number of thioether (sulfide) groups is 2. The monoisotopic (exact) mass is 528 g/mol. The van der Waals surface area contributed by atoms with Gasteiger partial charge in [0.25, 0.3) is 0 Å². The molecule has 0 bridgehead atoms. The van der Waals surface area contributed by atoms with Crippen molar-refractivity contribution in [3.05, 3.63) is 24.3 Å². The summed E-state index contributed by atoms with van der Waals surface area (Å²) >= 11 is 2.82. The highest BCUT2D eigenvalue weighted by Crippen LogP contribution is 2.32. The number of carbonyl (C=O) groups is 2. The maximum atomic E-state index is 12.8. The number of aromatic nitrogens is 2. The first kappa shape index (κ1) is 27.2. The SMILES string of the molecule is CC1CCCC(NC(=O)CSc2nc3ccccc3nc2SCC(=O)NC2CCCC(C)C2C)C1C. The first-order valence-electron chi connectivity index (χ1n) is 13.4. The van der Waals surface area contributed by atoms with E-state index >= 15 is 0 Å². The first-order chi connectivity index (χ1) is 17.3. The van der Waals surface area contributed by atoms with Crippen LogP contribution in [0.4, 0.5) is 0 Å². The molecule has 6 atom stereocenters. The van der Waals surface area contributed by atoms with Crippen LogP contribution in [-0.2, 0) is 9.59 Å². The number of hydrogen-bond donors (Lipinski definition) is 2. The van der Waals surface area contributed by atoms with E-state index in [-0.39, 0.29) is 23.9 Å². The van der Waals surface area contributed by atoms with Gasteiger partial charge in [-0.05, 0) is 48.6 Å². The molecule has 0 spiro atoms. The van der Waals surface area contributed by atoms with E-state index in [0.29, 0.717) is 45.2 Å². The Morgan fingerprint density at radius 2 is 1.17 bits per heavy atom. The normalized spacial score (nSPS) is 28.6. The average Bonchev–Trinajstić information content (AvgIpc) is 2.86. The summed E-state index contributed by atoms with van der Waals surface area (Å²) in [5, 5.41) is 7.93. The number of nitrogens with one attached hydrogen (secondary N) is 2. The largest absolute Gasteiger partial charge is 0.352 e. The van der Waals surface area contributed by atoms with Crippen LogP contribution in [0.25, 0.3) is 11.0 Å². The molecule has 2 aliphatic carbocycles. The Balaban J connectivity index is 1.39. The van der Waals surface area contributed by atoms with Gasteiger partial charge in [0.2, 0.25) is 11.8 Å². The van der Waals surface area contributed by atoms with E-state index < -0.39 is 0 Å². The van der Waals surface area contributed by atoms with Gasteiger partial charge in [-0.1, -0.05) is 89.0 Å². The predicted molar refractivity (Wildman–Crippen MR) is 149 cm³/mol. The molecule has 4 rings (SSSR count). The molecule has 36 heavy (non-hydrogen) atoms. The highest BCUT2D eigenvalue weighted by molar-refractivity contribution is 8.02. The van der Waals surface area contributed by atoms with E-state index in [0.717, 1.165) is 23.9 Å². The maximum Gasteiger partial charge on any atom is 0.230 e. The molecule has 1 aromatic heterocycles. The second-order valence-corrected chi connectivity index (χ2v) is 12.7. The van der Waals surface area contributed by atoms with Crippen LogP contribution < -0.4 is 10.6 Å². The molecule has 1 heterocycles. The fraction of sp³-hybridized carbons (Fsp3) is 0.643. The van der Waals surface area contributed by atoms with Gasteiger partial charge in [-0.2, -0.15) is 0 Å². The highest BCUT2D eigenvalue weighted by Gasteiger charge is 2.29. The van der Waals surface area contributed by atoms with Crippen molar-refractivity contribution in [2.45, 2.75) is 88.4 Å².